The summed E-state index contributed by atoms with van der Waals surface area (Å²) in [7, 11) is 5.01. The maximum absolute atomic E-state index is 16.1. The monoisotopic (exact) mass is 593 g/mol. The summed E-state index contributed by atoms with van der Waals surface area (Å²) < 4.78 is 39.3. The van der Waals surface area contributed by atoms with Crippen LogP contribution in [0.25, 0.3) is 11.1 Å². The molecular weight excluding hydrogens is 553 g/mol. The highest BCUT2D eigenvalue weighted by atomic mass is 19.1. The molecule has 0 radical (unpaired) electrons. The van der Waals surface area contributed by atoms with Crippen molar-refractivity contribution in [3.8, 4) is 11.5 Å². The lowest BCUT2D eigenvalue weighted by Gasteiger charge is -2.36. The molecule has 1 fully saturated rings. The number of anilines is 1. The predicted octanol–water partition coefficient (Wildman–Crippen LogP) is 8.15. The van der Waals surface area contributed by atoms with Crippen LogP contribution in [0.3, 0.4) is 0 Å². The Kier molecular flexibility index (Phi) is 9.29. The van der Waals surface area contributed by atoms with E-state index in [1.54, 1.807) is 27.4 Å². The zero-order valence-corrected chi connectivity index (χ0v) is 25.7. The lowest BCUT2D eigenvalue weighted by atomic mass is 9.79. The van der Waals surface area contributed by atoms with Crippen LogP contribution < -0.4 is 14.4 Å². The van der Waals surface area contributed by atoms with Gasteiger partial charge < -0.3 is 23.8 Å². The summed E-state index contributed by atoms with van der Waals surface area (Å²) in [6.07, 6.45) is 3.18. The molecule has 44 heavy (non-hydrogen) atoms. The standard InChI is InChI=1S/C38H40FNO4/c1-41-36-24-35(40-20-18-28(19-21-40)38(42-2)43-3)34(39)23-33(36)37-31(27-12-8-5-9-13-27)16-14-29-22-30(15-17-32(29)37)44-25-26-10-6-4-7-11-26/h4-13,15,17,22-24,28,38H,14,16,18-21,25H2,1-3H3. The minimum atomic E-state index is -0.246. The molecule has 228 valence electrons. The van der Waals surface area contributed by atoms with E-state index < -0.39 is 0 Å². The second kappa shape index (κ2) is 13.7. The molecule has 2 aliphatic rings. The van der Waals surface area contributed by atoms with Gasteiger partial charge in [0.1, 0.15) is 23.9 Å². The van der Waals surface area contributed by atoms with Gasteiger partial charge in [-0.2, -0.15) is 0 Å². The number of piperidine rings is 1. The number of allylic oxidation sites excluding steroid dienone is 1. The number of halogens is 1. The smallest absolute Gasteiger partial charge is 0.159 e. The second-order valence-corrected chi connectivity index (χ2v) is 11.5. The normalized spacial score (nSPS) is 15.4. The van der Waals surface area contributed by atoms with Gasteiger partial charge in [-0.3, -0.25) is 0 Å². The number of methoxy groups -OCH3 is 3. The fourth-order valence-electron chi connectivity index (χ4n) is 6.68. The average molecular weight is 594 g/mol. The van der Waals surface area contributed by atoms with E-state index in [0.29, 0.717) is 18.0 Å². The highest BCUT2D eigenvalue weighted by Gasteiger charge is 2.30. The second-order valence-electron chi connectivity index (χ2n) is 11.5. The first-order chi connectivity index (χ1) is 21.6. The van der Waals surface area contributed by atoms with E-state index in [2.05, 4.69) is 53.4 Å². The van der Waals surface area contributed by atoms with Gasteiger partial charge in [0.15, 0.2) is 6.29 Å². The zero-order chi connectivity index (χ0) is 30.5. The van der Waals surface area contributed by atoms with Crippen LogP contribution in [0, 0.1) is 11.7 Å². The van der Waals surface area contributed by atoms with Gasteiger partial charge in [0.25, 0.3) is 0 Å². The molecule has 1 saturated heterocycles. The highest BCUT2D eigenvalue weighted by Crippen LogP contribution is 2.46. The molecule has 0 bridgehead atoms. The minimum Gasteiger partial charge on any atom is -0.496 e. The quantitative estimate of drug-likeness (QED) is 0.174. The molecule has 0 amide bonds. The molecule has 0 spiro atoms. The molecule has 0 N–H and O–H groups in total. The molecule has 5 nitrogen and oxygen atoms in total. The molecule has 4 aromatic rings. The fraction of sp³-hybridized carbons (Fsp3) is 0.316. The SMILES string of the molecule is COc1cc(N2CCC(C(OC)OC)CC2)c(F)cc1C1=C(c2ccccc2)CCc2cc(OCc3ccccc3)ccc21. The number of fused-ring (bicyclic) bond motifs is 1. The van der Waals surface area contributed by atoms with Crippen LogP contribution in [0.15, 0.2) is 91.0 Å². The van der Waals surface area contributed by atoms with Gasteiger partial charge in [-0.15, -0.1) is 0 Å². The van der Waals surface area contributed by atoms with Crippen LogP contribution >= 0.6 is 0 Å². The predicted molar refractivity (Wildman–Crippen MR) is 174 cm³/mol. The molecule has 0 unspecified atom stereocenters. The van der Waals surface area contributed by atoms with Crippen molar-refractivity contribution in [1.82, 2.24) is 0 Å². The third-order valence-corrected chi connectivity index (χ3v) is 8.93. The van der Waals surface area contributed by atoms with Crippen molar-refractivity contribution < 1.29 is 23.3 Å². The molecule has 0 aromatic heterocycles. The molecule has 1 aliphatic carbocycles. The third kappa shape index (κ3) is 6.23. The number of rotatable bonds is 10. The lowest BCUT2D eigenvalue weighted by Crippen LogP contribution is -2.39. The van der Waals surface area contributed by atoms with Gasteiger partial charge in [0.05, 0.1) is 12.8 Å². The van der Waals surface area contributed by atoms with E-state index in [1.807, 2.05) is 36.4 Å². The van der Waals surface area contributed by atoms with Crippen LogP contribution in [0.1, 0.15) is 47.1 Å². The number of aryl methyl sites for hydroxylation is 1. The third-order valence-electron chi connectivity index (χ3n) is 8.93. The Morgan fingerprint density at radius 2 is 1.50 bits per heavy atom. The van der Waals surface area contributed by atoms with E-state index in [1.165, 1.54) is 11.1 Å². The Morgan fingerprint density at radius 1 is 0.795 bits per heavy atom. The van der Waals surface area contributed by atoms with Crippen molar-refractivity contribution in [2.75, 3.05) is 39.3 Å². The highest BCUT2D eigenvalue weighted by molar-refractivity contribution is 6.02. The fourth-order valence-corrected chi connectivity index (χ4v) is 6.68. The number of hydrogen-bond acceptors (Lipinski definition) is 5. The summed E-state index contributed by atoms with van der Waals surface area (Å²) in [4.78, 5) is 2.11. The maximum Gasteiger partial charge on any atom is 0.159 e. The summed E-state index contributed by atoms with van der Waals surface area (Å²) in [5, 5.41) is 0. The van der Waals surface area contributed by atoms with Crippen LogP contribution in [0.2, 0.25) is 0 Å². The van der Waals surface area contributed by atoms with Crippen molar-refractivity contribution in [2.45, 2.75) is 38.6 Å². The summed E-state index contributed by atoms with van der Waals surface area (Å²) in [5.41, 5.74) is 8.06. The number of hydrogen-bond donors (Lipinski definition) is 0. The lowest BCUT2D eigenvalue weighted by molar-refractivity contribution is -0.141. The van der Waals surface area contributed by atoms with Crippen molar-refractivity contribution in [3.05, 3.63) is 125 Å². The van der Waals surface area contributed by atoms with Crippen LogP contribution in [-0.4, -0.2) is 40.7 Å². The summed E-state index contributed by atoms with van der Waals surface area (Å²) in [6, 6.07) is 30.4. The van der Waals surface area contributed by atoms with Crippen molar-refractivity contribution >= 4 is 16.8 Å². The number of nitrogens with zero attached hydrogens (tertiary/aromatic N) is 1. The molecule has 4 aromatic carbocycles. The first-order valence-corrected chi connectivity index (χ1v) is 15.4. The van der Waals surface area contributed by atoms with Gasteiger partial charge in [0, 0.05) is 44.9 Å². The van der Waals surface area contributed by atoms with Gasteiger partial charge in [0.2, 0.25) is 0 Å². The summed E-state index contributed by atoms with van der Waals surface area (Å²) >= 11 is 0. The topological polar surface area (TPSA) is 40.2 Å². The van der Waals surface area contributed by atoms with Crippen molar-refractivity contribution in [1.29, 1.82) is 0 Å². The van der Waals surface area contributed by atoms with E-state index in [4.69, 9.17) is 18.9 Å². The molecule has 1 heterocycles. The van der Waals surface area contributed by atoms with Crippen LogP contribution in [0.4, 0.5) is 10.1 Å². The Bertz CT molecular complexity index is 1590. The molecule has 6 heteroatoms. The van der Waals surface area contributed by atoms with E-state index in [0.717, 1.165) is 72.3 Å². The Morgan fingerprint density at radius 3 is 2.18 bits per heavy atom. The van der Waals surface area contributed by atoms with Crippen molar-refractivity contribution in [2.24, 2.45) is 5.92 Å². The Balaban J connectivity index is 1.36. The average Bonchev–Trinajstić information content (AvgIpc) is 3.08. The summed E-state index contributed by atoms with van der Waals surface area (Å²) in [6.45, 7) is 1.95. The minimum absolute atomic E-state index is 0.238. The van der Waals surface area contributed by atoms with Gasteiger partial charge in [-0.1, -0.05) is 66.7 Å². The first-order valence-electron chi connectivity index (χ1n) is 15.4. The van der Waals surface area contributed by atoms with Crippen LogP contribution in [-0.2, 0) is 22.5 Å². The number of benzene rings is 4. The molecule has 6 rings (SSSR count). The molecule has 1 aliphatic heterocycles. The number of ether oxygens (including phenoxy) is 4. The van der Waals surface area contributed by atoms with Crippen molar-refractivity contribution in [3.63, 3.8) is 0 Å². The first kappa shape index (κ1) is 29.9. The Labute approximate surface area is 259 Å². The van der Waals surface area contributed by atoms with E-state index in [9.17, 15) is 0 Å². The largest absolute Gasteiger partial charge is 0.496 e. The summed E-state index contributed by atoms with van der Waals surface area (Å²) in [5.74, 6) is 1.53. The molecule has 0 atom stereocenters. The molecule has 0 saturated carbocycles. The maximum atomic E-state index is 16.1. The zero-order valence-electron chi connectivity index (χ0n) is 25.7. The molecular formula is C38H40FNO4. The van der Waals surface area contributed by atoms with Gasteiger partial charge >= 0.3 is 0 Å². The van der Waals surface area contributed by atoms with Gasteiger partial charge in [-0.25, -0.2) is 4.39 Å². The van der Waals surface area contributed by atoms with E-state index in [-0.39, 0.29) is 18.0 Å². The van der Waals surface area contributed by atoms with E-state index >= 15 is 4.39 Å². The Hall–Kier alpha value is -4.13. The van der Waals surface area contributed by atoms with Crippen LogP contribution in [0.5, 0.6) is 11.5 Å². The van der Waals surface area contributed by atoms with Gasteiger partial charge in [-0.05, 0) is 77.3 Å².